The number of thiazole rings is 1. The highest BCUT2D eigenvalue weighted by molar-refractivity contribution is 9.10. The number of rotatable bonds is 4. The van der Waals surface area contributed by atoms with E-state index < -0.39 is 0 Å². The fraction of sp³-hybridized carbons (Fsp3) is 0.250. The van der Waals surface area contributed by atoms with Crippen LogP contribution in [0.1, 0.15) is 13.3 Å². The number of anilines is 1. The fourth-order valence-electron chi connectivity index (χ4n) is 1.40. The Morgan fingerprint density at radius 1 is 1.47 bits per heavy atom. The molecule has 2 aromatic rings. The van der Waals surface area contributed by atoms with Crippen LogP contribution in [0.25, 0.3) is 10.4 Å². The zero-order chi connectivity index (χ0) is 12.3. The largest absolute Gasteiger partial charge is 0.362 e. The van der Waals surface area contributed by atoms with Crippen molar-refractivity contribution in [2.75, 3.05) is 11.9 Å². The van der Waals surface area contributed by atoms with Crippen molar-refractivity contribution < 1.29 is 0 Å². The Hall–Kier alpha value is -0.580. The van der Waals surface area contributed by atoms with E-state index in [2.05, 4.69) is 33.2 Å². The molecule has 1 heterocycles. The Labute approximate surface area is 118 Å². The third kappa shape index (κ3) is 3.21. The predicted octanol–water partition coefficient (Wildman–Crippen LogP) is 5.05. The van der Waals surface area contributed by atoms with Gasteiger partial charge in [0.05, 0.1) is 4.88 Å². The molecular formula is C12H12BrClN2S. The maximum absolute atomic E-state index is 6.00. The molecule has 0 spiro atoms. The van der Waals surface area contributed by atoms with Gasteiger partial charge in [0.2, 0.25) is 0 Å². The first kappa shape index (κ1) is 12.9. The first-order valence-electron chi connectivity index (χ1n) is 5.36. The van der Waals surface area contributed by atoms with Gasteiger partial charge >= 0.3 is 0 Å². The molecule has 1 N–H and O–H groups in total. The molecule has 0 aliphatic rings. The smallest absolute Gasteiger partial charge is 0.183 e. The highest BCUT2D eigenvalue weighted by atomic mass is 79.9. The Balaban J connectivity index is 2.27. The Morgan fingerprint density at radius 2 is 2.29 bits per heavy atom. The molecular weight excluding hydrogens is 320 g/mol. The SMILES string of the molecule is CCCNc1ncc(-c2cc(Cl)ccc2Br)s1. The minimum Gasteiger partial charge on any atom is -0.362 e. The zero-order valence-electron chi connectivity index (χ0n) is 9.34. The molecule has 0 aliphatic heterocycles. The summed E-state index contributed by atoms with van der Waals surface area (Å²) in [4.78, 5) is 5.45. The standard InChI is InChI=1S/C12H12BrClN2S/c1-2-5-15-12-16-7-11(17-12)9-6-8(14)3-4-10(9)13/h3-4,6-7H,2,5H2,1H3,(H,15,16). The average molecular weight is 332 g/mol. The third-order valence-corrected chi connectivity index (χ3v) is 4.14. The van der Waals surface area contributed by atoms with Crippen LogP contribution in [0.3, 0.4) is 0 Å². The van der Waals surface area contributed by atoms with Gasteiger partial charge in [-0.25, -0.2) is 4.98 Å². The van der Waals surface area contributed by atoms with Crippen molar-refractivity contribution in [1.29, 1.82) is 0 Å². The molecule has 0 radical (unpaired) electrons. The molecule has 0 saturated carbocycles. The van der Waals surface area contributed by atoms with E-state index >= 15 is 0 Å². The highest BCUT2D eigenvalue weighted by Gasteiger charge is 2.08. The van der Waals surface area contributed by atoms with E-state index in [0.29, 0.717) is 0 Å². The molecule has 0 saturated heterocycles. The van der Waals surface area contributed by atoms with Gasteiger partial charge in [-0.1, -0.05) is 45.8 Å². The second-order valence-electron chi connectivity index (χ2n) is 3.58. The predicted molar refractivity (Wildman–Crippen MR) is 79.0 cm³/mol. The van der Waals surface area contributed by atoms with Crippen LogP contribution in [0.2, 0.25) is 5.02 Å². The summed E-state index contributed by atoms with van der Waals surface area (Å²) in [6, 6.07) is 5.77. The van der Waals surface area contributed by atoms with Crippen molar-refractivity contribution >= 4 is 44.0 Å². The maximum atomic E-state index is 6.00. The number of hydrogen-bond acceptors (Lipinski definition) is 3. The second kappa shape index (κ2) is 5.85. The molecule has 17 heavy (non-hydrogen) atoms. The molecule has 1 aromatic heterocycles. The molecule has 0 amide bonds. The summed E-state index contributed by atoms with van der Waals surface area (Å²) in [6.45, 7) is 3.08. The van der Waals surface area contributed by atoms with Gasteiger partial charge in [0.15, 0.2) is 5.13 Å². The van der Waals surface area contributed by atoms with E-state index in [1.807, 2.05) is 24.4 Å². The summed E-state index contributed by atoms with van der Waals surface area (Å²) >= 11 is 11.2. The molecule has 90 valence electrons. The first-order valence-corrected chi connectivity index (χ1v) is 7.34. The van der Waals surface area contributed by atoms with Crippen LogP contribution in [0.5, 0.6) is 0 Å². The van der Waals surface area contributed by atoms with E-state index in [1.165, 1.54) is 0 Å². The van der Waals surface area contributed by atoms with Crippen molar-refractivity contribution in [1.82, 2.24) is 4.98 Å². The summed E-state index contributed by atoms with van der Waals surface area (Å²) in [5, 5.41) is 4.97. The lowest BCUT2D eigenvalue weighted by Crippen LogP contribution is -1.97. The molecule has 0 atom stereocenters. The second-order valence-corrected chi connectivity index (χ2v) is 5.90. The van der Waals surface area contributed by atoms with E-state index in [1.54, 1.807) is 11.3 Å². The van der Waals surface area contributed by atoms with Crippen LogP contribution in [0, 0.1) is 0 Å². The van der Waals surface area contributed by atoms with Crippen molar-refractivity contribution in [3.63, 3.8) is 0 Å². The van der Waals surface area contributed by atoms with Gasteiger partial charge in [0.1, 0.15) is 0 Å². The number of benzene rings is 1. The number of nitrogens with one attached hydrogen (secondary N) is 1. The van der Waals surface area contributed by atoms with Crippen molar-refractivity contribution in [2.45, 2.75) is 13.3 Å². The lowest BCUT2D eigenvalue weighted by Gasteiger charge is -2.01. The van der Waals surface area contributed by atoms with Crippen molar-refractivity contribution in [2.24, 2.45) is 0 Å². The average Bonchev–Trinajstić information content (AvgIpc) is 2.78. The molecule has 2 nitrogen and oxygen atoms in total. The van der Waals surface area contributed by atoms with E-state index in [4.69, 9.17) is 11.6 Å². The van der Waals surface area contributed by atoms with Crippen LogP contribution in [-0.2, 0) is 0 Å². The minimum absolute atomic E-state index is 0.736. The summed E-state index contributed by atoms with van der Waals surface area (Å²) in [7, 11) is 0. The van der Waals surface area contributed by atoms with Crippen LogP contribution in [0.15, 0.2) is 28.9 Å². The number of nitrogens with zero attached hydrogens (tertiary/aromatic N) is 1. The van der Waals surface area contributed by atoms with Gasteiger partial charge in [-0.3, -0.25) is 0 Å². The van der Waals surface area contributed by atoms with E-state index in [-0.39, 0.29) is 0 Å². The lowest BCUT2D eigenvalue weighted by atomic mass is 10.2. The minimum atomic E-state index is 0.736. The van der Waals surface area contributed by atoms with Crippen LogP contribution < -0.4 is 5.32 Å². The van der Waals surface area contributed by atoms with E-state index in [0.717, 1.165) is 38.0 Å². The van der Waals surface area contributed by atoms with Gasteiger partial charge < -0.3 is 5.32 Å². The van der Waals surface area contributed by atoms with E-state index in [9.17, 15) is 0 Å². The summed E-state index contributed by atoms with van der Waals surface area (Å²) in [6.07, 6.45) is 2.97. The fourth-order valence-corrected chi connectivity index (χ4v) is 3.03. The Morgan fingerprint density at radius 3 is 3.06 bits per heavy atom. The maximum Gasteiger partial charge on any atom is 0.183 e. The topological polar surface area (TPSA) is 24.9 Å². The number of aromatic nitrogens is 1. The van der Waals surface area contributed by atoms with Crippen molar-refractivity contribution in [3.8, 4) is 10.4 Å². The first-order chi connectivity index (χ1) is 8.20. The lowest BCUT2D eigenvalue weighted by molar-refractivity contribution is 0.976. The molecule has 2 rings (SSSR count). The van der Waals surface area contributed by atoms with Crippen molar-refractivity contribution in [3.05, 3.63) is 33.9 Å². The molecule has 1 aromatic carbocycles. The molecule has 0 unspecified atom stereocenters. The van der Waals surface area contributed by atoms with Gasteiger partial charge in [-0.2, -0.15) is 0 Å². The molecule has 0 bridgehead atoms. The monoisotopic (exact) mass is 330 g/mol. The normalized spacial score (nSPS) is 10.5. The van der Waals surface area contributed by atoms with Gasteiger partial charge in [-0.05, 0) is 24.6 Å². The highest BCUT2D eigenvalue weighted by Crippen LogP contribution is 2.35. The zero-order valence-corrected chi connectivity index (χ0v) is 12.5. The molecule has 0 aliphatic carbocycles. The summed E-state index contributed by atoms with van der Waals surface area (Å²) in [5.74, 6) is 0. The van der Waals surface area contributed by atoms with Gasteiger partial charge in [0.25, 0.3) is 0 Å². The van der Waals surface area contributed by atoms with Gasteiger partial charge in [-0.15, -0.1) is 0 Å². The summed E-state index contributed by atoms with van der Waals surface area (Å²) in [5.41, 5.74) is 1.08. The number of halogens is 2. The molecule has 5 heteroatoms. The molecule has 0 fully saturated rings. The quantitative estimate of drug-likeness (QED) is 0.848. The van der Waals surface area contributed by atoms with Gasteiger partial charge in [0, 0.05) is 27.8 Å². The Kier molecular flexibility index (Phi) is 4.42. The third-order valence-electron chi connectivity index (χ3n) is 2.23. The summed E-state index contributed by atoms with van der Waals surface area (Å²) < 4.78 is 1.03. The Bertz CT molecular complexity index is 513. The van der Waals surface area contributed by atoms with Crippen LogP contribution in [0.4, 0.5) is 5.13 Å². The van der Waals surface area contributed by atoms with Crippen LogP contribution in [-0.4, -0.2) is 11.5 Å². The number of hydrogen-bond donors (Lipinski definition) is 1. The van der Waals surface area contributed by atoms with Crippen LogP contribution >= 0.6 is 38.9 Å².